The standard InChI is InChI=1S/C14H15NS2/c1-11-4-6-12(7-5-11)15-8-10-17-14(15)13-3-2-9-16-13/h2-7,9,14H,8,10H2,1H3. The number of anilines is 1. The molecule has 0 saturated carbocycles. The Morgan fingerprint density at radius 2 is 2.00 bits per heavy atom. The smallest absolute Gasteiger partial charge is 0.110 e. The molecule has 0 aliphatic carbocycles. The molecule has 1 aromatic heterocycles. The van der Waals surface area contributed by atoms with Crippen molar-refractivity contribution < 1.29 is 0 Å². The Kier molecular flexibility index (Phi) is 3.12. The highest BCUT2D eigenvalue weighted by Crippen LogP contribution is 2.42. The van der Waals surface area contributed by atoms with Gasteiger partial charge in [-0.3, -0.25) is 0 Å². The maximum atomic E-state index is 2.51. The molecule has 1 fully saturated rings. The molecule has 3 heteroatoms. The predicted molar refractivity (Wildman–Crippen MR) is 78.0 cm³/mol. The molecule has 17 heavy (non-hydrogen) atoms. The van der Waals surface area contributed by atoms with Gasteiger partial charge < -0.3 is 4.90 Å². The van der Waals surface area contributed by atoms with Crippen LogP contribution in [0.2, 0.25) is 0 Å². The van der Waals surface area contributed by atoms with Gasteiger partial charge in [0.05, 0.1) is 0 Å². The van der Waals surface area contributed by atoms with Gasteiger partial charge in [0.2, 0.25) is 0 Å². The van der Waals surface area contributed by atoms with Gasteiger partial charge in [0.15, 0.2) is 0 Å². The first-order valence-electron chi connectivity index (χ1n) is 5.83. The molecule has 88 valence electrons. The number of nitrogens with zero attached hydrogens (tertiary/aromatic N) is 1. The lowest BCUT2D eigenvalue weighted by Crippen LogP contribution is -2.21. The van der Waals surface area contributed by atoms with Gasteiger partial charge in [0.1, 0.15) is 5.37 Å². The van der Waals surface area contributed by atoms with Crippen LogP contribution in [-0.2, 0) is 0 Å². The third kappa shape index (κ3) is 2.22. The molecule has 2 aromatic rings. The lowest BCUT2D eigenvalue weighted by atomic mass is 10.2. The van der Waals surface area contributed by atoms with Crippen LogP contribution in [0.15, 0.2) is 41.8 Å². The SMILES string of the molecule is Cc1ccc(N2CCSC2c2cccs2)cc1. The van der Waals surface area contributed by atoms with Crippen LogP contribution in [-0.4, -0.2) is 12.3 Å². The fourth-order valence-electron chi connectivity index (χ4n) is 2.14. The molecule has 0 spiro atoms. The molecule has 2 heterocycles. The Morgan fingerprint density at radius 3 is 2.71 bits per heavy atom. The van der Waals surface area contributed by atoms with E-state index in [1.54, 1.807) is 0 Å². The maximum absolute atomic E-state index is 2.51. The van der Waals surface area contributed by atoms with Gasteiger partial charge in [-0.1, -0.05) is 23.8 Å². The van der Waals surface area contributed by atoms with Crippen LogP contribution in [0, 0.1) is 6.92 Å². The molecule has 1 saturated heterocycles. The van der Waals surface area contributed by atoms with Crippen molar-refractivity contribution >= 4 is 28.8 Å². The largest absolute Gasteiger partial charge is 0.354 e. The molecule has 1 nitrogen and oxygen atoms in total. The summed E-state index contributed by atoms with van der Waals surface area (Å²) < 4.78 is 0. The minimum Gasteiger partial charge on any atom is -0.354 e. The zero-order chi connectivity index (χ0) is 11.7. The van der Waals surface area contributed by atoms with Gasteiger partial charge in [-0.25, -0.2) is 0 Å². The van der Waals surface area contributed by atoms with E-state index >= 15 is 0 Å². The Hall–Kier alpha value is -0.930. The van der Waals surface area contributed by atoms with Gasteiger partial charge in [0, 0.05) is 22.9 Å². The summed E-state index contributed by atoms with van der Waals surface area (Å²) in [5.41, 5.74) is 2.67. The van der Waals surface area contributed by atoms with Crippen LogP contribution in [0.25, 0.3) is 0 Å². The van der Waals surface area contributed by atoms with Crippen molar-refractivity contribution in [1.29, 1.82) is 0 Å². The van der Waals surface area contributed by atoms with E-state index < -0.39 is 0 Å². The Balaban J connectivity index is 1.89. The van der Waals surface area contributed by atoms with E-state index in [-0.39, 0.29) is 0 Å². The summed E-state index contributed by atoms with van der Waals surface area (Å²) in [6, 6.07) is 13.3. The Labute approximate surface area is 110 Å². The zero-order valence-electron chi connectivity index (χ0n) is 9.80. The summed E-state index contributed by atoms with van der Waals surface area (Å²) in [4.78, 5) is 3.98. The maximum Gasteiger partial charge on any atom is 0.110 e. The molecule has 1 aliphatic heterocycles. The van der Waals surface area contributed by atoms with Crippen LogP contribution in [0.5, 0.6) is 0 Å². The first-order chi connectivity index (χ1) is 8.34. The Bertz CT molecular complexity index is 475. The summed E-state index contributed by atoms with van der Waals surface area (Å²) in [6.45, 7) is 3.29. The van der Waals surface area contributed by atoms with E-state index in [2.05, 4.69) is 53.6 Å². The monoisotopic (exact) mass is 261 g/mol. The highest BCUT2D eigenvalue weighted by Gasteiger charge is 2.27. The quantitative estimate of drug-likeness (QED) is 0.792. The predicted octanol–water partition coefficient (Wildman–Crippen LogP) is 4.31. The molecule has 0 N–H and O–H groups in total. The lowest BCUT2D eigenvalue weighted by molar-refractivity contribution is 0.870. The molecule has 1 atom stereocenters. The highest BCUT2D eigenvalue weighted by molar-refractivity contribution is 8.00. The van der Waals surface area contributed by atoms with E-state index in [4.69, 9.17) is 0 Å². The third-order valence-electron chi connectivity index (χ3n) is 3.04. The van der Waals surface area contributed by atoms with Crippen LogP contribution < -0.4 is 4.90 Å². The molecule has 0 bridgehead atoms. The number of thioether (sulfide) groups is 1. The van der Waals surface area contributed by atoms with Crippen molar-refractivity contribution in [3.63, 3.8) is 0 Å². The van der Waals surface area contributed by atoms with E-state index in [9.17, 15) is 0 Å². The summed E-state index contributed by atoms with van der Waals surface area (Å²) in [7, 11) is 0. The van der Waals surface area contributed by atoms with Gasteiger partial charge in [-0.05, 0) is 30.5 Å². The van der Waals surface area contributed by atoms with E-state index in [0.29, 0.717) is 5.37 Å². The molecule has 1 unspecified atom stereocenters. The van der Waals surface area contributed by atoms with Crippen molar-refractivity contribution in [2.45, 2.75) is 12.3 Å². The fraction of sp³-hybridized carbons (Fsp3) is 0.286. The van der Waals surface area contributed by atoms with E-state index in [1.807, 2.05) is 23.1 Å². The second kappa shape index (κ2) is 4.75. The zero-order valence-corrected chi connectivity index (χ0v) is 11.4. The van der Waals surface area contributed by atoms with E-state index in [1.165, 1.54) is 21.9 Å². The van der Waals surface area contributed by atoms with Crippen LogP contribution in [0.4, 0.5) is 5.69 Å². The van der Waals surface area contributed by atoms with Crippen molar-refractivity contribution in [3.05, 3.63) is 52.2 Å². The van der Waals surface area contributed by atoms with Crippen LogP contribution in [0.3, 0.4) is 0 Å². The number of hydrogen-bond donors (Lipinski definition) is 0. The third-order valence-corrected chi connectivity index (χ3v) is 5.36. The average Bonchev–Trinajstić information content (AvgIpc) is 3.00. The second-order valence-corrected chi connectivity index (χ2v) is 6.43. The van der Waals surface area contributed by atoms with Gasteiger partial charge in [-0.15, -0.1) is 23.1 Å². The first kappa shape index (κ1) is 11.2. The molecule has 3 rings (SSSR count). The molecule has 0 radical (unpaired) electrons. The molecular formula is C14H15NS2. The summed E-state index contributed by atoms with van der Waals surface area (Å²) in [6.07, 6.45) is 0. The number of rotatable bonds is 2. The number of hydrogen-bond acceptors (Lipinski definition) is 3. The summed E-state index contributed by atoms with van der Waals surface area (Å²) >= 11 is 3.90. The fourth-order valence-corrected chi connectivity index (χ4v) is 4.40. The van der Waals surface area contributed by atoms with Crippen LogP contribution in [0.1, 0.15) is 15.8 Å². The first-order valence-corrected chi connectivity index (χ1v) is 7.76. The minimum atomic E-state index is 0.512. The normalized spacial score (nSPS) is 19.8. The molecule has 1 aromatic carbocycles. The summed E-state index contributed by atoms with van der Waals surface area (Å²) in [5.74, 6) is 1.22. The Morgan fingerprint density at radius 1 is 1.18 bits per heavy atom. The molecule has 0 amide bonds. The topological polar surface area (TPSA) is 3.24 Å². The lowest BCUT2D eigenvalue weighted by Gasteiger charge is -2.25. The van der Waals surface area contributed by atoms with E-state index in [0.717, 1.165) is 6.54 Å². The van der Waals surface area contributed by atoms with Crippen LogP contribution >= 0.6 is 23.1 Å². The second-order valence-electron chi connectivity index (χ2n) is 4.27. The number of benzene rings is 1. The van der Waals surface area contributed by atoms with Gasteiger partial charge >= 0.3 is 0 Å². The minimum absolute atomic E-state index is 0.512. The van der Waals surface area contributed by atoms with Crippen molar-refractivity contribution in [2.75, 3.05) is 17.2 Å². The van der Waals surface area contributed by atoms with Crippen molar-refractivity contribution in [1.82, 2.24) is 0 Å². The number of aryl methyl sites for hydroxylation is 1. The van der Waals surface area contributed by atoms with Crippen molar-refractivity contribution in [2.24, 2.45) is 0 Å². The average molecular weight is 261 g/mol. The number of thiophene rings is 1. The van der Waals surface area contributed by atoms with Crippen molar-refractivity contribution in [3.8, 4) is 0 Å². The molecule has 1 aliphatic rings. The molecular weight excluding hydrogens is 246 g/mol. The van der Waals surface area contributed by atoms with Gasteiger partial charge in [-0.2, -0.15) is 0 Å². The van der Waals surface area contributed by atoms with Gasteiger partial charge in [0.25, 0.3) is 0 Å². The summed E-state index contributed by atoms with van der Waals surface area (Å²) in [5, 5.41) is 2.68. The highest BCUT2D eigenvalue weighted by atomic mass is 32.2.